The Balaban J connectivity index is 1.73. The van der Waals surface area contributed by atoms with Crippen molar-refractivity contribution in [3.63, 3.8) is 0 Å². The van der Waals surface area contributed by atoms with Crippen molar-refractivity contribution in [1.29, 1.82) is 0 Å². The lowest BCUT2D eigenvalue weighted by Gasteiger charge is -2.32. The molecule has 1 atom stereocenters. The number of piperidine rings is 1. The first kappa shape index (κ1) is 21.1. The summed E-state index contributed by atoms with van der Waals surface area (Å²) >= 11 is 6.16. The highest BCUT2D eigenvalue weighted by Crippen LogP contribution is 2.27. The number of hydrogen-bond acceptors (Lipinski definition) is 4. The van der Waals surface area contributed by atoms with Crippen LogP contribution in [0.15, 0.2) is 42.7 Å². The molecule has 0 saturated carbocycles. The van der Waals surface area contributed by atoms with Crippen LogP contribution in [-0.4, -0.2) is 40.9 Å². The standard InChI is InChI=1S/C22H26ClN3O3/c1-3-20(16-6-10-24-11-7-16)25-22(28)19-14-17(23)4-5-21(19)29-18-8-12-26(13-9-18)15(2)27/h4-7,10-11,14,18,20H,3,8-9,12-13H2,1-2H3,(H,25,28)/t20-/m0/s1. The molecule has 2 aromatic rings. The SMILES string of the molecule is CC[C@H](NC(=O)c1cc(Cl)ccc1OC1CCN(C(C)=O)CC1)c1ccncc1. The molecule has 154 valence electrons. The molecule has 7 heteroatoms. The summed E-state index contributed by atoms with van der Waals surface area (Å²) in [5.41, 5.74) is 1.41. The van der Waals surface area contributed by atoms with Gasteiger partial charge in [-0.05, 0) is 42.3 Å². The van der Waals surface area contributed by atoms with Gasteiger partial charge in [-0.15, -0.1) is 0 Å². The molecular weight excluding hydrogens is 390 g/mol. The number of carbonyl (C=O) groups excluding carboxylic acids is 2. The molecule has 2 amide bonds. The number of aromatic nitrogens is 1. The summed E-state index contributed by atoms with van der Waals surface area (Å²) in [6.07, 6.45) is 5.60. The molecule has 0 aliphatic carbocycles. The average molecular weight is 416 g/mol. The van der Waals surface area contributed by atoms with Crippen molar-refractivity contribution in [1.82, 2.24) is 15.2 Å². The monoisotopic (exact) mass is 415 g/mol. The Morgan fingerprint density at radius 3 is 2.55 bits per heavy atom. The van der Waals surface area contributed by atoms with Crippen molar-refractivity contribution >= 4 is 23.4 Å². The minimum Gasteiger partial charge on any atom is -0.489 e. The van der Waals surface area contributed by atoms with Crippen LogP contribution < -0.4 is 10.1 Å². The van der Waals surface area contributed by atoms with E-state index in [0.29, 0.717) is 29.4 Å². The molecule has 2 heterocycles. The second-order valence-corrected chi connectivity index (χ2v) is 7.62. The molecule has 1 N–H and O–H groups in total. The zero-order valence-electron chi connectivity index (χ0n) is 16.7. The number of nitrogens with one attached hydrogen (secondary N) is 1. The first-order valence-electron chi connectivity index (χ1n) is 9.90. The van der Waals surface area contributed by atoms with Crippen molar-refractivity contribution < 1.29 is 14.3 Å². The Morgan fingerprint density at radius 1 is 1.24 bits per heavy atom. The lowest BCUT2D eigenvalue weighted by molar-refractivity contribution is -0.130. The molecule has 0 bridgehead atoms. The summed E-state index contributed by atoms with van der Waals surface area (Å²) in [7, 11) is 0. The first-order valence-corrected chi connectivity index (χ1v) is 10.3. The van der Waals surface area contributed by atoms with Gasteiger partial charge >= 0.3 is 0 Å². The normalized spacial score (nSPS) is 15.6. The smallest absolute Gasteiger partial charge is 0.255 e. The van der Waals surface area contributed by atoms with Gasteiger partial charge in [0.15, 0.2) is 0 Å². The Morgan fingerprint density at radius 2 is 1.93 bits per heavy atom. The van der Waals surface area contributed by atoms with Gasteiger partial charge in [0.2, 0.25) is 5.91 Å². The maximum atomic E-state index is 13.0. The molecule has 1 aliphatic heterocycles. The summed E-state index contributed by atoms with van der Waals surface area (Å²) in [5, 5.41) is 3.55. The van der Waals surface area contributed by atoms with Crippen LogP contribution in [0.1, 0.15) is 55.1 Å². The maximum absolute atomic E-state index is 13.0. The number of ether oxygens (including phenoxy) is 1. The van der Waals surface area contributed by atoms with E-state index < -0.39 is 0 Å². The number of halogens is 1. The van der Waals surface area contributed by atoms with Crippen LogP contribution in [0.4, 0.5) is 0 Å². The summed E-state index contributed by atoms with van der Waals surface area (Å²) in [4.78, 5) is 30.4. The van der Waals surface area contributed by atoms with Crippen molar-refractivity contribution in [3.8, 4) is 5.75 Å². The number of amides is 2. The summed E-state index contributed by atoms with van der Waals surface area (Å²) in [6.45, 7) is 4.92. The molecule has 1 saturated heterocycles. The highest BCUT2D eigenvalue weighted by Gasteiger charge is 2.24. The zero-order valence-corrected chi connectivity index (χ0v) is 17.5. The van der Waals surface area contributed by atoms with Crippen molar-refractivity contribution in [3.05, 3.63) is 58.9 Å². The van der Waals surface area contributed by atoms with Gasteiger partial charge in [-0.2, -0.15) is 0 Å². The number of nitrogens with zero attached hydrogens (tertiary/aromatic N) is 2. The third-order valence-electron chi connectivity index (χ3n) is 5.19. The maximum Gasteiger partial charge on any atom is 0.255 e. The highest BCUT2D eigenvalue weighted by atomic mass is 35.5. The largest absolute Gasteiger partial charge is 0.489 e. The van der Waals surface area contributed by atoms with Crippen LogP contribution in [-0.2, 0) is 4.79 Å². The van der Waals surface area contributed by atoms with Gasteiger partial charge in [-0.1, -0.05) is 18.5 Å². The second-order valence-electron chi connectivity index (χ2n) is 7.18. The van der Waals surface area contributed by atoms with Crippen LogP contribution in [0.2, 0.25) is 5.02 Å². The summed E-state index contributed by atoms with van der Waals surface area (Å²) in [6, 6.07) is 8.76. The van der Waals surface area contributed by atoms with E-state index in [1.54, 1.807) is 37.5 Å². The molecule has 29 heavy (non-hydrogen) atoms. The van der Waals surface area contributed by atoms with Gasteiger partial charge in [-0.25, -0.2) is 0 Å². The number of carbonyl (C=O) groups is 2. The first-order chi connectivity index (χ1) is 14.0. The third kappa shape index (κ3) is 5.48. The molecule has 0 spiro atoms. The predicted molar refractivity (Wildman–Crippen MR) is 112 cm³/mol. The fourth-order valence-electron chi connectivity index (χ4n) is 3.50. The number of benzene rings is 1. The van der Waals surface area contributed by atoms with Crippen molar-refractivity contribution in [2.24, 2.45) is 0 Å². The predicted octanol–water partition coefficient (Wildman–Crippen LogP) is 4.01. The molecule has 6 nitrogen and oxygen atoms in total. The minimum absolute atomic E-state index is 0.0412. The number of pyridine rings is 1. The Kier molecular flexibility index (Phi) is 7.09. The van der Waals surface area contributed by atoms with Crippen LogP contribution >= 0.6 is 11.6 Å². The topological polar surface area (TPSA) is 71.5 Å². The average Bonchev–Trinajstić information content (AvgIpc) is 2.74. The highest BCUT2D eigenvalue weighted by molar-refractivity contribution is 6.31. The van der Waals surface area contributed by atoms with Crippen LogP contribution in [0.3, 0.4) is 0 Å². The molecule has 1 fully saturated rings. The quantitative estimate of drug-likeness (QED) is 0.773. The molecule has 1 aliphatic rings. The fourth-order valence-corrected chi connectivity index (χ4v) is 3.68. The lowest BCUT2D eigenvalue weighted by atomic mass is 10.0. The van der Waals surface area contributed by atoms with E-state index in [2.05, 4.69) is 10.3 Å². The van der Waals surface area contributed by atoms with Crippen molar-refractivity contribution in [2.45, 2.75) is 45.3 Å². The van der Waals surface area contributed by atoms with E-state index in [9.17, 15) is 9.59 Å². The van der Waals surface area contributed by atoms with Crippen LogP contribution in [0.5, 0.6) is 5.75 Å². The van der Waals surface area contributed by atoms with E-state index in [1.165, 1.54) is 0 Å². The fraction of sp³-hybridized carbons (Fsp3) is 0.409. The van der Waals surface area contributed by atoms with Crippen LogP contribution in [0, 0.1) is 0 Å². The molecule has 0 unspecified atom stereocenters. The van der Waals surface area contributed by atoms with E-state index >= 15 is 0 Å². The summed E-state index contributed by atoms with van der Waals surface area (Å²) in [5.74, 6) is 0.363. The van der Waals surface area contributed by atoms with Crippen molar-refractivity contribution in [2.75, 3.05) is 13.1 Å². The number of rotatable bonds is 6. The van der Waals surface area contributed by atoms with E-state index in [1.807, 2.05) is 24.0 Å². The molecule has 1 aromatic carbocycles. The van der Waals surface area contributed by atoms with Gasteiger partial charge in [0.25, 0.3) is 5.91 Å². The van der Waals surface area contributed by atoms with Gasteiger partial charge in [0, 0.05) is 50.3 Å². The van der Waals surface area contributed by atoms with Gasteiger partial charge in [0.1, 0.15) is 11.9 Å². The Bertz CT molecular complexity index is 852. The Labute approximate surface area is 176 Å². The van der Waals surface area contributed by atoms with Crippen LogP contribution in [0.25, 0.3) is 0 Å². The number of likely N-dealkylation sites (tertiary alicyclic amines) is 1. The molecule has 1 aromatic heterocycles. The molecule has 3 rings (SSSR count). The van der Waals surface area contributed by atoms with Gasteiger partial charge in [0.05, 0.1) is 11.6 Å². The summed E-state index contributed by atoms with van der Waals surface area (Å²) < 4.78 is 6.14. The molecule has 0 radical (unpaired) electrons. The van der Waals surface area contributed by atoms with E-state index in [0.717, 1.165) is 24.8 Å². The zero-order chi connectivity index (χ0) is 20.8. The second kappa shape index (κ2) is 9.74. The molecular formula is C22H26ClN3O3. The van der Waals surface area contributed by atoms with E-state index in [4.69, 9.17) is 16.3 Å². The Hall–Kier alpha value is -2.60. The van der Waals surface area contributed by atoms with E-state index in [-0.39, 0.29) is 24.0 Å². The lowest BCUT2D eigenvalue weighted by Crippen LogP contribution is -2.40. The van der Waals surface area contributed by atoms with Gasteiger partial charge < -0.3 is 15.0 Å². The minimum atomic E-state index is -0.229. The third-order valence-corrected chi connectivity index (χ3v) is 5.42. The van der Waals surface area contributed by atoms with Gasteiger partial charge in [-0.3, -0.25) is 14.6 Å². The number of hydrogen-bond donors (Lipinski definition) is 1.